The minimum Gasteiger partial charge on any atom is -0.478 e. The molecule has 0 spiro atoms. The average Bonchev–Trinajstić information content (AvgIpc) is 2.69. The van der Waals surface area contributed by atoms with E-state index in [9.17, 15) is 14.7 Å². The number of hydrogen-bond donors (Lipinski definition) is 1. The van der Waals surface area contributed by atoms with Crippen LogP contribution in [0.5, 0.6) is 0 Å². The molecule has 2 rings (SSSR count). The van der Waals surface area contributed by atoms with Crippen LogP contribution in [0.4, 0.5) is 0 Å². The van der Waals surface area contributed by atoms with Gasteiger partial charge in [-0.1, -0.05) is 12.8 Å². The second-order valence-electron chi connectivity index (χ2n) is 4.74. The molecule has 1 fully saturated rings. The molecule has 1 aromatic heterocycles. The lowest BCUT2D eigenvalue weighted by molar-refractivity contribution is 0.0694. The third-order valence-electron chi connectivity index (χ3n) is 3.60. The Morgan fingerprint density at radius 2 is 1.94 bits per heavy atom. The van der Waals surface area contributed by atoms with Crippen molar-refractivity contribution in [1.82, 2.24) is 4.57 Å². The van der Waals surface area contributed by atoms with Crippen LogP contribution >= 0.6 is 0 Å². The van der Waals surface area contributed by atoms with Gasteiger partial charge in [-0.3, -0.25) is 4.79 Å². The number of carboxylic acids is 1. The lowest BCUT2D eigenvalue weighted by Crippen LogP contribution is -2.28. The van der Waals surface area contributed by atoms with Gasteiger partial charge in [-0.15, -0.1) is 0 Å². The van der Waals surface area contributed by atoms with Gasteiger partial charge in [-0.05, 0) is 32.3 Å². The highest BCUT2D eigenvalue weighted by Crippen LogP contribution is 2.30. The molecule has 4 nitrogen and oxygen atoms in total. The van der Waals surface area contributed by atoms with Crippen molar-refractivity contribution in [2.75, 3.05) is 0 Å². The van der Waals surface area contributed by atoms with Crippen LogP contribution in [-0.4, -0.2) is 15.6 Å². The smallest absolute Gasteiger partial charge is 0.337 e. The third kappa shape index (κ3) is 1.99. The van der Waals surface area contributed by atoms with Crippen LogP contribution in [-0.2, 0) is 0 Å². The van der Waals surface area contributed by atoms with Crippen molar-refractivity contribution in [3.63, 3.8) is 0 Å². The van der Waals surface area contributed by atoms with Crippen molar-refractivity contribution in [3.8, 4) is 0 Å². The van der Waals surface area contributed by atoms with E-state index in [2.05, 4.69) is 0 Å². The summed E-state index contributed by atoms with van der Waals surface area (Å²) >= 11 is 0. The molecule has 1 aliphatic carbocycles. The summed E-state index contributed by atoms with van der Waals surface area (Å²) in [7, 11) is 0. The Hall–Kier alpha value is -1.58. The second-order valence-corrected chi connectivity index (χ2v) is 4.74. The van der Waals surface area contributed by atoms with Crippen LogP contribution < -0.4 is 5.56 Å². The van der Waals surface area contributed by atoms with E-state index >= 15 is 0 Å². The lowest BCUT2D eigenvalue weighted by atomic mass is 10.1. The molecule has 0 aliphatic heterocycles. The number of aromatic carboxylic acids is 1. The van der Waals surface area contributed by atoms with Crippen LogP contribution in [0, 0.1) is 13.8 Å². The van der Waals surface area contributed by atoms with E-state index in [1.54, 1.807) is 18.4 Å². The van der Waals surface area contributed by atoms with Crippen molar-refractivity contribution < 1.29 is 9.90 Å². The highest BCUT2D eigenvalue weighted by atomic mass is 16.4. The highest BCUT2D eigenvalue weighted by Gasteiger charge is 2.23. The molecular weight excluding hydrogens is 218 g/mol. The fourth-order valence-corrected chi connectivity index (χ4v) is 2.84. The van der Waals surface area contributed by atoms with Crippen molar-refractivity contribution in [2.45, 2.75) is 45.6 Å². The quantitative estimate of drug-likeness (QED) is 0.855. The number of aromatic nitrogens is 1. The zero-order valence-electron chi connectivity index (χ0n) is 10.2. The lowest BCUT2D eigenvalue weighted by Gasteiger charge is -2.19. The summed E-state index contributed by atoms with van der Waals surface area (Å²) in [6.45, 7) is 3.41. The van der Waals surface area contributed by atoms with Crippen LogP contribution in [0.15, 0.2) is 10.9 Å². The molecule has 0 bridgehead atoms. The molecule has 0 radical (unpaired) electrons. The Morgan fingerprint density at radius 3 is 2.47 bits per heavy atom. The van der Waals surface area contributed by atoms with Crippen molar-refractivity contribution in [3.05, 3.63) is 33.2 Å². The summed E-state index contributed by atoms with van der Waals surface area (Å²) in [5, 5.41) is 9.19. The van der Waals surface area contributed by atoms with Crippen LogP contribution in [0.1, 0.15) is 53.3 Å². The van der Waals surface area contributed by atoms with E-state index in [1.807, 2.05) is 0 Å². The van der Waals surface area contributed by atoms with Crippen LogP contribution in [0.25, 0.3) is 0 Å². The number of aryl methyl sites for hydroxylation is 1. The molecule has 0 unspecified atom stereocenters. The van der Waals surface area contributed by atoms with Gasteiger partial charge in [-0.2, -0.15) is 0 Å². The number of hydrogen-bond acceptors (Lipinski definition) is 2. The van der Waals surface area contributed by atoms with Gasteiger partial charge in [0.15, 0.2) is 0 Å². The fourth-order valence-electron chi connectivity index (χ4n) is 2.84. The predicted molar refractivity (Wildman–Crippen MR) is 64.6 cm³/mol. The third-order valence-corrected chi connectivity index (χ3v) is 3.60. The Bertz CT molecular complexity index is 510. The molecule has 1 N–H and O–H groups in total. The molecule has 1 aromatic rings. The zero-order valence-corrected chi connectivity index (χ0v) is 10.2. The van der Waals surface area contributed by atoms with E-state index in [0.717, 1.165) is 25.7 Å². The van der Waals surface area contributed by atoms with Crippen LogP contribution in [0.3, 0.4) is 0 Å². The van der Waals surface area contributed by atoms with E-state index in [1.165, 1.54) is 6.07 Å². The summed E-state index contributed by atoms with van der Waals surface area (Å²) in [4.78, 5) is 23.2. The number of carboxylic acid groups (broad SMARTS) is 1. The van der Waals surface area contributed by atoms with Crippen molar-refractivity contribution in [2.24, 2.45) is 0 Å². The van der Waals surface area contributed by atoms with Gasteiger partial charge in [0.1, 0.15) is 0 Å². The largest absolute Gasteiger partial charge is 0.478 e. The van der Waals surface area contributed by atoms with Gasteiger partial charge in [0.2, 0.25) is 0 Å². The summed E-state index contributed by atoms with van der Waals surface area (Å²) in [5.41, 5.74) is 1.34. The number of carbonyl (C=O) groups is 1. The number of rotatable bonds is 2. The first-order valence-electron chi connectivity index (χ1n) is 5.98. The molecule has 92 valence electrons. The average molecular weight is 235 g/mol. The molecule has 1 aliphatic rings. The minimum absolute atomic E-state index is 0.0723. The monoisotopic (exact) mass is 235 g/mol. The van der Waals surface area contributed by atoms with Gasteiger partial charge in [-0.25, -0.2) is 4.79 Å². The molecular formula is C13H17NO3. The van der Waals surface area contributed by atoms with E-state index < -0.39 is 5.97 Å². The van der Waals surface area contributed by atoms with Gasteiger partial charge in [0.25, 0.3) is 5.56 Å². The van der Waals surface area contributed by atoms with Crippen LogP contribution in [0.2, 0.25) is 0 Å². The Kier molecular flexibility index (Phi) is 3.05. The molecule has 0 saturated heterocycles. The minimum atomic E-state index is -0.952. The molecule has 0 aromatic carbocycles. The summed E-state index contributed by atoms with van der Waals surface area (Å²) in [5.74, 6) is -0.952. The van der Waals surface area contributed by atoms with Gasteiger partial charge in [0, 0.05) is 17.8 Å². The molecule has 0 amide bonds. The Morgan fingerprint density at radius 1 is 1.35 bits per heavy atom. The first kappa shape index (κ1) is 11.9. The Labute approximate surface area is 99.9 Å². The van der Waals surface area contributed by atoms with E-state index in [-0.39, 0.29) is 17.2 Å². The first-order valence-corrected chi connectivity index (χ1v) is 5.98. The topological polar surface area (TPSA) is 59.3 Å². The first-order chi connectivity index (χ1) is 8.02. The second kappa shape index (κ2) is 4.35. The van der Waals surface area contributed by atoms with Gasteiger partial charge in [0.05, 0.1) is 5.56 Å². The summed E-state index contributed by atoms with van der Waals surface area (Å²) in [6.07, 6.45) is 4.19. The van der Waals surface area contributed by atoms with Crippen molar-refractivity contribution >= 4 is 5.97 Å². The molecule has 1 saturated carbocycles. The van der Waals surface area contributed by atoms with Crippen molar-refractivity contribution in [1.29, 1.82) is 0 Å². The molecule has 17 heavy (non-hydrogen) atoms. The zero-order chi connectivity index (χ0) is 12.6. The molecule has 1 heterocycles. The number of nitrogens with zero attached hydrogens (tertiary/aromatic N) is 1. The van der Waals surface area contributed by atoms with E-state index in [0.29, 0.717) is 11.3 Å². The van der Waals surface area contributed by atoms with Gasteiger partial charge < -0.3 is 9.67 Å². The maximum absolute atomic E-state index is 12.0. The Balaban J connectivity index is 2.62. The highest BCUT2D eigenvalue weighted by molar-refractivity contribution is 5.90. The standard InChI is InChI=1S/C13H17NO3/c1-8-7-11(15)14(10-5-3-4-6-10)9(2)12(8)13(16)17/h7,10H,3-6H2,1-2H3,(H,16,17). The predicted octanol–water partition coefficient (Wildman–Crippen LogP) is 2.28. The van der Waals surface area contributed by atoms with E-state index in [4.69, 9.17) is 0 Å². The number of pyridine rings is 1. The fraction of sp³-hybridized carbons (Fsp3) is 0.538. The van der Waals surface area contributed by atoms with Gasteiger partial charge >= 0.3 is 5.97 Å². The maximum Gasteiger partial charge on any atom is 0.337 e. The summed E-state index contributed by atoms with van der Waals surface area (Å²) < 4.78 is 1.67. The molecule has 0 atom stereocenters. The normalized spacial score (nSPS) is 16.4. The molecule has 4 heteroatoms. The maximum atomic E-state index is 12.0. The SMILES string of the molecule is Cc1cc(=O)n(C2CCCC2)c(C)c1C(=O)O. The summed E-state index contributed by atoms with van der Waals surface area (Å²) in [6, 6.07) is 1.62.